The second kappa shape index (κ2) is 6.54. The topological polar surface area (TPSA) is 29.3 Å². The highest BCUT2D eigenvalue weighted by atomic mass is 79.9. The molecule has 0 aliphatic heterocycles. The van der Waals surface area contributed by atoms with E-state index in [1.54, 1.807) is 12.1 Å². The number of halogens is 2. The van der Waals surface area contributed by atoms with Gasteiger partial charge in [0.05, 0.1) is 10.2 Å². The van der Waals surface area contributed by atoms with Crippen molar-refractivity contribution >= 4 is 38.8 Å². The van der Waals surface area contributed by atoms with Crippen molar-refractivity contribution in [3.8, 4) is 0 Å². The third-order valence-electron chi connectivity index (χ3n) is 3.24. The van der Waals surface area contributed by atoms with Crippen molar-refractivity contribution in [2.45, 2.75) is 13.5 Å². The van der Waals surface area contributed by atoms with Gasteiger partial charge < -0.3 is 10.6 Å². The molecule has 110 valence electrons. The van der Waals surface area contributed by atoms with Crippen molar-refractivity contribution < 1.29 is 4.39 Å². The van der Waals surface area contributed by atoms with Gasteiger partial charge in [0.25, 0.3) is 0 Å². The Hall–Kier alpha value is -1.46. The number of rotatable bonds is 4. The summed E-state index contributed by atoms with van der Waals surface area (Å²) in [6.45, 7) is 2.66. The number of anilines is 1. The molecule has 0 aliphatic rings. The molecule has 0 heterocycles. The van der Waals surface area contributed by atoms with Crippen LogP contribution in [-0.4, -0.2) is 12.0 Å². The molecule has 0 bridgehead atoms. The second-order valence-electron chi connectivity index (χ2n) is 4.97. The average molecular weight is 367 g/mol. The normalized spacial score (nSPS) is 10.5. The molecule has 0 fully saturated rings. The van der Waals surface area contributed by atoms with Crippen molar-refractivity contribution in [3.63, 3.8) is 0 Å². The number of nitrogens with two attached hydrogens (primary N) is 1. The van der Waals surface area contributed by atoms with Crippen LogP contribution in [0.4, 0.5) is 10.1 Å². The van der Waals surface area contributed by atoms with E-state index in [2.05, 4.69) is 22.0 Å². The van der Waals surface area contributed by atoms with E-state index >= 15 is 0 Å². The lowest BCUT2D eigenvalue weighted by molar-refractivity contribution is 0.615. The van der Waals surface area contributed by atoms with Crippen LogP contribution in [0.25, 0.3) is 0 Å². The fraction of sp³-hybridized carbons (Fsp3) is 0.188. The number of thiocarbonyl (C=S) groups is 1. The van der Waals surface area contributed by atoms with Crippen LogP contribution in [0, 0.1) is 12.7 Å². The molecule has 2 aromatic carbocycles. The Kier molecular flexibility index (Phi) is 4.96. The van der Waals surface area contributed by atoms with Crippen molar-refractivity contribution in [1.29, 1.82) is 0 Å². The maximum Gasteiger partial charge on any atom is 0.161 e. The van der Waals surface area contributed by atoms with Gasteiger partial charge in [-0.2, -0.15) is 0 Å². The molecule has 2 N–H and O–H groups in total. The van der Waals surface area contributed by atoms with Crippen LogP contribution in [0.3, 0.4) is 0 Å². The first-order chi connectivity index (χ1) is 9.90. The number of hydrogen-bond donors (Lipinski definition) is 1. The summed E-state index contributed by atoms with van der Waals surface area (Å²) in [6, 6.07) is 11.6. The molecule has 0 radical (unpaired) electrons. The number of nitrogens with zero attached hydrogens (tertiary/aromatic N) is 1. The van der Waals surface area contributed by atoms with E-state index in [4.69, 9.17) is 18.0 Å². The zero-order valence-electron chi connectivity index (χ0n) is 11.9. The first-order valence-electron chi connectivity index (χ1n) is 6.44. The van der Waals surface area contributed by atoms with Crippen LogP contribution in [0.2, 0.25) is 0 Å². The SMILES string of the molecule is Cc1cccc(CN(C)c2ccc(C(N)=S)c(Br)c2F)c1. The average Bonchev–Trinajstić information content (AvgIpc) is 2.41. The lowest BCUT2D eigenvalue weighted by Gasteiger charge is -2.21. The number of hydrogen-bond acceptors (Lipinski definition) is 2. The summed E-state index contributed by atoms with van der Waals surface area (Å²) in [5.74, 6) is -0.351. The summed E-state index contributed by atoms with van der Waals surface area (Å²) in [5.41, 5.74) is 8.90. The fourth-order valence-electron chi connectivity index (χ4n) is 2.19. The van der Waals surface area contributed by atoms with Crippen LogP contribution < -0.4 is 10.6 Å². The van der Waals surface area contributed by atoms with Crippen molar-refractivity contribution in [2.75, 3.05) is 11.9 Å². The van der Waals surface area contributed by atoms with E-state index in [-0.39, 0.29) is 10.8 Å². The molecule has 0 amide bonds. The maximum absolute atomic E-state index is 14.5. The molecule has 2 nitrogen and oxygen atoms in total. The molecule has 0 aliphatic carbocycles. The Morgan fingerprint density at radius 2 is 2.05 bits per heavy atom. The summed E-state index contributed by atoms with van der Waals surface area (Å²) in [7, 11) is 1.85. The molecule has 2 rings (SSSR count). The van der Waals surface area contributed by atoms with Crippen LogP contribution in [0.15, 0.2) is 40.9 Å². The highest BCUT2D eigenvalue weighted by Gasteiger charge is 2.15. The lowest BCUT2D eigenvalue weighted by atomic mass is 10.1. The summed E-state index contributed by atoms with van der Waals surface area (Å²) in [4.78, 5) is 2.03. The van der Waals surface area contributed by atoms with E-state index in [0.29, 0.717) is 22.3 Å². The van der Waals surface area contributed by atoms with Crippen LogP contribution in [-0.2, 0) is 6.54 Å². The smallest absolute Gasteiger partial charge is 0.161 e. The van der Waals surface area contributed by atoms with Crippen LogP contribution >= 0.6 is 28.1 Å². The Bertz CT molecular complexity index is 688. The van der Waals surface area contributed by atoms with Gasteiger partial charge in [0.1, 0.15) is 4.99 Å². The zero-order chi connectivity index (χ0) is 15.6. The van der Waals surface area contributed by atoms with Gasteiger partial charge in [-0.3, -0.25) is 0 Å². The van der Waals surface area contributed by atoms with Crippen LogP contribution in [0.1, 0.15) is 16.7 Å². The summed E-state index contributed by atoms with van der Waals surface area (Å²) < 4.78 is 14.8. The van der Waals surface area contributed by atoms with Gasteiger partial charge in [0.2, 0.25) is 0 Å². The molecular weight excluding hydrogens is 351 g/mol. The lowest BCUT2D eigenvalue weighted by Crippen LogP contribution is -2.19. The summed E-state index contributed by atoms with van der Waals surface area (Å²) in [6.07, 6.45) is 0. The summed E-state index contributed by atoms with van der Waals surface area (Å²) >= 11 is 8.13. The first-order valence-corrected chi connectivity index (χ1v) is 7.64. The van der Waals surface area contributed by atoms with Gasteiger partial charge in [-0.25, -0.2) is 4.39 Å². The van der Waals surface area contributed by atoms with Crippen molar-refractivity contribution in [2.24, 2.45) is 5.73 Å². The molecule has 0 saturated carbocycles. The Balaban J connectivity index is 2.29. The van der Waals surface area contributed by atoms with Crippen LogP contribution in [0.5, 0.6) is 0 Å². The molecular formula is C16H16BrFN2S. The summed E-state index contributed by atoms with van der Waals surface area (Å²) in [5, 5.41) is 0. The Morgan fingerprint density at radius 3 is 2.67 bits per heavy atom. The highest BCUT2D eigenvalue weighted by Crippen LogP contribution is 2.29. The zero-order valence-corrected chi connectivity index (χ0v) is 14.3. The molecule has 0 atom stereocenters. The van der Waals surface area contributed by atoms with E-state index in [1.165, 1.54) is 5.56 Å². The Labute approximate surface area is 137 Å². The van der Waals surface area contributed by atoms with Gasteiger partial charge >= 0.3 is 0 Å². The molecule has 0 aromatic heterocycles. The van der Waals surface area contributed by atoms with E-state index in [1.807, 2.05) is 37.1 Å². The quantitative estimate of drug-likeness (QED) is 0.823. The number of aryl methyl sites for hydroxylation is 1. The largest absolute Gasteiger partial charge is 0.389 e. The predicted octanol–water partition coefficient (Wildman–Crippen LogP) is 4.17. The van der Waals surface area contributed by atoms with Crippen molar-refractivity contribution in [3.05, 3.63) is 63.4 Å². The van der Waals surface area contributed by atoms with E-state index < -0.39 is 0 Å². The monoisotopic (exact) mass is 366 g/mol. The van der Waals surface area contributed by atoms with E-state index in [9.17, 15) is 4.39 Å². The first kappa shape index (κ1) is 15.9. The molecule has 0 spiro atoms. The minimum Gasteiger partial charge on any atom is -0.389 e. The predicted molar refractivity (Wildman–Crippen MR) is 93.3 cm³/mol. The number of benzene rings is 2. The van der Waals surface area contributed by atoms with Crippen molar-refractivity contribution in [1.82, 2.24) is 0 Å². The van der Waals surface area contributed by atoms with E-state index in [0.717, 1.165) is 5.56 Å². The third-order valence-corrected chi connectivity index (χ3v) is 4.24. The Morgan fingerprint density at radius 1 is 1.33 bits per heavy atom. The third kappa shape index (κ3) is 3.60. The second-order valence-corrected chi connectivity index (χ2v) is 6.20. The van der Waals surface area contributed by atoms with Gasteiger partial charge in [0, 0.05) is 19.2 Å². The highest BCUT2D eigenvalue weighted by molar-refractivity contribution is 9.10. The molecule has 0 saturated heterocycles. The molecule has 21 heavy (non-hydrogen) atoms. The van der Waals surface area contributed by atoms with Gasteiger partial charge in [0.15, 0.2) is 5.82 Å². The minimum absolute atomic E-state index is 0.175. The molecule has 0 unspecified atom stereocenters. The van der Waals surface area contributed by atoms with Gasteiger partial charge in [-0.1, -0.05) is 42.0 Å². The van der Waals surface area contributed by atoms with Gasteiger partial charge in [-0.05, 0) is 40.5 Å². The molecule has 2 aromatic rings. The fourth-order valence-corrected chi connectivity index (χ4v) is 3.04. The maximum atomic E-state index is 14.5. The minimum atomic E-state index is -0.351. The molecule has 5 heteroatoms. The van der Waals surface area contributed by atoms with Gasteiger partial charge in [-0.15, -0.1) is 0 Å². The standard InChI is InChI=1S/C16H16BrFN2S/c1-10-4-3-5-11(8-10)9-20(2)13-7-6-12(16(19)21)14(17)15(13)18/h3-8H,9H2,1-2H3,(H2,19,21).